The topological polar surface area (TPSA) is 103 Å². The van der Waals surface area contributed by atoms with Gasteiger partial charge in [0, 0.05) is 152 Å². The Labute approximate surface area is 834 Å². The summed E-state index contributed by atoms with van der Waals surface area (Å²) < 4.78 is 39.4. The summed E-state index contributed by atoms with van der Waals surface area (Å²) in [5.74, 6) is 0. The van der Waals surface area contributed by atoms with E-state index in [9.17, 15) is 0 Å². The molecule has 20 aromatic rings. The Morgan fingerprint density at radius 3 is 0.748 bits per heavy atom. The maximum absolute atomic E-state index is 8.08. The molecule has 8 nitrogen and oxygen atoms in total. The monoisotopic (exact) mass is 2410 g/mol. The van der Waals surface area contributed by atoms with Crippen molar-refractivity contribution in [3.63, 3.8) is 0 Å². The number of pyridine rings is 8. The molecule has 0 amide bonds. The zero-order valence-electron chi connectivity index (χ0n) is 78.2. The van der Waals surface area contributed by atoms with Crippen LogP contribution in [0.3, 0.4) is 0 Å². The van der Waals surface area contributed by atoms with Gasteiger partial charge in [0.2, 0.25) is 0 Å². The predicted octanol–water partition coefficient (Wildman–Crippen LogP) is 29.2. The molecule has 0 aliphatic heterocycles. The second-order valence-corrected chi connectivity index (χ2v) is 29.1. The Hall–Kier alpha value is -13.6. The number of aryl methyl sites for hydroxylation is 7. The van der Waals surface area contributed by atoms with Crippen molar-refractivity contribution in [1.29, 1.82) is 0 Å². The molecule has 0 N–H and O–H groups in total. The molecule has 0 saturated heterocycles. The van der Waals surface area contributed by atoms with Crippen LogP contribution in [-0.4, -0.2) is 39.9 Å². The first-order valence-electron chi connectivity index (χ1n) is 44.1. The zero-order valence-corrected chi connectivity index (χ0v) is 82.8. The summed E-state index contributed by atoms with van der Waals surface area (Å²) in [7, 11) is 0. The molecule has 12 heteroatoms. The van der Waals surface area contributed by atoms with E-state index in [1.54, 1.807) is 30.9 Å². The van der Waals surface area contributed by atoms with E-state index >= 15 is 0 Å². The fraction of sp³-hybridized carbons (Fsp3) is 0.0588. The maximum atomic E-state index is 8.08. The maximum Gasteiger partial charge on any atom is 0.0629 e. The average Bonchev–Trinajstić information content (AvgIpc) is 0.767. The van der Waals surface area contributed by atoms with Gasteiger partial charge in [-0.1, -0.05) is 207 Å². The molecule has 0 unspecified atom stereocenters. The Morgan fingerprint density at radius 2 is 0.466 bits per heavy atom. The van der Waals surface area contributed by atoms with E-state index in [-0.39, 0.29) is 110 Å². The van der Waals surface area contributed by atoms with Gasteiger partial charge in [0.05, 0.1) is 6.85 Å². The SMILES string of the molecule is Cc1cc(-c2[c-]cccc2)ncc1-c1ccccc1.Cc1cc(-c2[c-]cccc2)ncc1-c1ccccc1.Cc1cc(-c2[c-]cccc2)ncc1-c1ccccc1.Cc1ccc[c-]c1-c1ccccn1.Cc1ccc[c-]c1-c1ccccn1.Cc1cccnc1-c1[c-]cccc1.[2H]c1c([2H])c([2H])c(-c2cnc(-c3[c-]cccc3)cc2C)c([2H])c1[2H].[Ir].[Ir].[Ir].[Ir].[c-]1ccccc1-c1ccccn1. The summed E-state index contributed by atoms with van der Waals surface area (Å²) in [5, 5.41) is 0. The van der Waals surface area contributed by atoms with Crippen LogP contribution in [0.5, 0.6) is 0 Å². The molecule has 0 bridgehead atoms. The molecule has 8 aromatic heterocycles. The predicted molar refractivity (Wildman–Crippen MR) is 523 cm³/mol. The normalized spacial score (nSPS) is 10.4. The van der Waals surface area contributed by atoms with Crippen molar-refractivity contribution < 1.29 is 87.3 Å². The van der Waals surface area contributed by atoms with E-state index in [4.69, 9.17) is 6.85 Å². The standard InChI is InChI=1S/4C18H14N.3C12H10N.C11H8N.4Ir/c4*1-14-12-18(16-10-6-3-7-11-16)19-13-17(14)15-8-4-2-5-9-15;2*1-10-6-2-3-7-11(10)12-8-4-5-9-13-12;1-10-6-5-9-13-12(10)11-7-3-2-4-8-11;1-2-6-10(7-3-1)11-8-4-5-9-12-11;;;;/h4*2-10,12-13H,1H3;2*2-6,8-9H,1H3;2-7,9H,1H3;1-6,8-9H;;;;/q8*-1;;;;/i2D,4D,5D,8D,9D;;;;;;;;;;;. The fourth-order valence-electron chi connectivity index (χ4n) is 13.4. The minimum absolute atomic E-state index is 0. The van der Waals surface area contributed by atoms with Crippen LogP contribution in [-0.2, 0) is 80.4 Å². The first-order valence-corrected chi connectivity index (χ1v) is 41.6. The number of aromatic nitrogens is 8. The zero-order chi connectivity index (χ0) is 92.2. The first-order chi connectivity index (χ1) is 64.5. The van der Waals surface area contributed by atoms with Gasteiger partial charge in [0.25, 0.3) is 0 Å². The van der Waals surface area contributed by atoms with Crippen molar-refractivity contribution in [2.45, 2.75) is 48.5 Å². The van der Waals surface area contributed by atoms with Crippen molar-refractivity contribution in [2.75, 3.05) is 0 Å². The van der Waals surface area contributed by atoms with Crippen molar-refractivity contribution in [1.82, 2.24) is 39.9 Å². The molecule has 4 radical (unpaired) electrons. The number of nitrogens with zero attached hydrogens (tertiary/aromatic N) is 8. The summed E-state index contributed by atoms with van der Waals surface area (Å²) in [4.78, 5) is 35.1. The van der Waals surface area contributed by atoms with Crippen molar-refractivity contribution >= 4 is 0 Å². The van der Waals surface area contributed by atoms with Gasteiger partial charge in [-0.3, -0.25) is 0 Å². The second-order valence-electron chi connectivity index (χ2n) is 29.1. The van der Waals surface area contributed by atoms with Gasteiger partial charge in [-0.2, -0.15) is 0 Å². The van der Waals surface area contributed by atoms with Gasteiger partial charge in [-0.05, 0) is 149 Å². The Kier molecular flexibility index (Phi) is 39.1. The number of rotatable bonds is 12. The van der Waals surface area contributed by atoms with Crippen molar-refractivity contribution in [3.05, 3.63) is 531 Å². The summed E-state index contributed by atoms with van der Waals surface area (Å²) in [6, 6.07) is 144. The molecular weight excluding hydrogens is 2310 g/mol. The molecule has 131 heavy (non-hydrogen) atoms. The summed E-state index contributed by atoms with van der Waals surface area (Å²) >= 11 is 0. The average molecular weight is 2410 g/mol. The minimum atomic E-state index is -0.394. The Bertz CT molecular complexity index is 6440. The van der Waals surface area contributed by atoms with Gasteiger partial charge < -0.3 is 39.9 Å². The van der Waals surface area contributed by atoms with E-state index in [2.05, 4.69) is 203 Å². The van der Waals surface area contributed by atoms with Crippen LogP contribution in [0, 0.1) is 97.0 Å². The van der Waals surface area contributed by atoms with E-state index in [1.807, 2.05) is 317 Å². The molecule has 0 aliphatic rings. The van der Waals surface area contributed by atoms with Crippen LogP contribution in [0.4, 0.5) is 0 Å². The van der Waals surface area contributed by atoms with Gasteiger partial charge in [-0.15, -0.1) is 286 Å². The largest absolute Gasteiger partial charge is 0.305 e. The third kappa shape index (κ3) is 30.5. The van der Waals surface area contributed by atoms with Crippen LogP contribution in [0.25, 0.3) is 135 Å². The van der Waals surface area contributed by atoms with Crippen LogP contribution in [0.1, 0.15) is 45.8 Å². The fourth-order valence-corrected chi connectivity index (χ4v) is 13.4. The second kappa shape index (κ2) is 54.7. The van der Waals surface area contributed by atoms with Gasteiger partial charge in [0.1, 0.15) is 0 Å². The van der Waals surface area contributed by atoms with Crippen molar-refractivity contribution in [3.8, 4) is 135 Å². The number of hydrogen-bond donors (Lipinski definition) is 0. The summed E-state index contributed by atoms with van der Waals surface area (Å²) in [6.07, 6.45) is 14.6. The van der Waals surface area contributed by atoms with Gasteiger partial charge in [-0.25, -0.2) is 0 Å². The van der Waals surface area contributed by atoms with E-state index in [1.165, 1.54) is 66.8 Å². The Morgan fingerprint density at radius 1 is 0.198 bits per heavy atom. The first kappa shape index (κ1) is 93.6. The van der Waals surface area contributed by atoms with E-state index < -0.39 is 6.04 Å². The molecule has 0 saturated carbocycles. The molecule has 0 atom stereocenters. The molecule has 12 aromatic carbocycles. The van der Waals surface area contributed by atoms with Crippen LogP contribution >= 0.6 is 0 Å². The smallest absolute Gasteiger partial charge is 0.0629 e. The van der Waals surface area contributed by atoms with E-state index in [0.29, 0.717) is 5.56 Å². The third-order valence-corrected chi connectivity index (χ3v) is 20.0. The van der Waals surface area contributed by atoms with Gasteiger partial charge in [0.15, 0.2) is 0 Å². The quantitative estimate of drug-likeness (QED) is 0.111. The molecule has 8 heterocycles. The molecule has 20 rings (SSSR count). The molecule has 654 valence electrons. The molecule has 0 aliphatic carbocycles. The minimum Gasteiger partial charge on any atom is -0.305 e. The van der Waals surface area contributed by atoms with Crippen LogP contribution < -0.4 is 0 Å². The van der Waals surface area contributed by atoms with Crippen molar-refractivity contribution in [2.24, 2.45) is 0 Å². The molecule has 0 spiro atoms. The van der Waals surface area contributed by atoms with Crippen LogP contribution in [0.2, 0.25) is 0 Å². The number of benzene rings is 12. The molecular formula is C119H94Ir4N8-8. The Balaban J connectivity index is 0.000000175. The third-order valence-electron chi connectivity index (χ3n) is 20.0. The number of hydrogen-bond acceptors (Lipinski definition) is 8. The van der Waals surface area contributed by atoms with Gasteiger partial charge >= 0.3 is 0 Å². The van der Waals surface area contributed by atoms with E-state index in [0.717, 1.165) is 95.6 Å². The molecule has 0 fully saturated rings. The summed E-state index contributed by atoms with van der Waals surface area (Å²) in [5.41, 5.74) is 31.8. The van der Waals surface area contributed by atoms with Crippen LogP contribution in [0.15, 0.2) is 444 Å². The summed E-state index contributed by atoms with van der Waals surface area (Å²) in [6.45, 7) is 14.4.